The highest BCUT2D eigenvalue weighted by Crippen LogP contribution is 2.09. The Morgan fingerprint density at radius 2 is 2.36 bits per heavy atom. The van der Waals surface area contributed by atoms with E-state index in [4.69, 9.17) is 11.0 Å². The Hall–Kier alpha value is -1.67. The number of nitriles is 1. The van der Waals surface area contributed by atoms with Crippen molar-refractivity contribution >= 4 is 5.82 Å². The predicted octanol–water partition coefficient (Wildman–Crippen LogP) is 0.497. The van der Waals surface area contributed by atoms with E-state index >= 15 is 0 Å². The van der Waals surface area contributed by atoms with Gasteiger partial charge in [-0.1, -0.05) is 0 Å². The van der Waals surface area contributed by atoms with E-state index in [1.807, 2.05) is 19.9 Å². The second-order valence-electron chi connectivity index (χ2n) is 3.75. The molecule has 1 rings (SSSR count). The fraction of sp³-hybridized carbons (Fsp3) is 0.444. The first-order valence-corrected chi connectivity index (χ1v) is 4.27. The van der Waals surface area contributed by atoms with Crippen molar-refractivity contribution in [2.24, 2.45) is 5.73 Å². The van der Waals surface area contributed by atoms with Gasteiger partial charge >= 0.3 is 0 Å². The van der Waals surface area contributed by atoms with Crippen molar-refractivity contribution in [1.82, 2.24) is 10.2 Å². The first-order chi connectivity index (χ1) is 6.53. The van der Waals surface area contributed by atoms with Gasteiger partial charge in [0.2, 0.25) is 0 Å². The smallest absolute Gasteiger partial charge is 0.166 e. The van der Waals surface area contributed by atoms with Crippen molar-refractivity contribution in [2.75, 3.05) is 11.9 Å². The van der Waals surface area contributed by atoms with Gasteiger partial charge in [0.1, 0.15) is 6.07 Å². The van der Waals surface area contributed by atoms with Crippen molar-refractivity contribution in [3.05, 3.63) is 17.8 Å². The summed E-state index contributed by atoms with van der Waals surface area (Å²) in [6.45, 7) is 4.32. The Bertz CT molecular complexity index is 347. The van der Waals surface area contributed by atoms with Gasteiger partial charge in [-0.15, -0.1) is 5.10 Å². The zero-order valence-corrected chi connectivity index (χ0v) is 8.28. The van der Waals surface area contributed by atoms with Crippen LogP contribution in [-0.2, 0) is 0 Å². The van der Waals surface area contributed by atoms with Gasteiger partial charge in [0.25, 0.3) is 0 Å². The molecule has 0 radical (unpaired) electrons. The molecule has 74 valence electrons. The summed E-state index contributed by atoms with van der Waals surface area (Å²) >= 11 is 0. The topological polar surface area (TPSA) is 87.6 Å². The van der Waals surface area contributed by atoms with E-state index in [0.717, 1.165) is 0 Å². The summed E-state index contributed by atoms with van der Waals surface area (Å²) in [5.41, 5.74) is 5.91. The van der Waals surface area contributed by atoms with Crippen LogP contribution in [0, 0.1) is 11.3 Å². The Labute approximate surface area is 82.9 Å². The Morgan fingerprint density at radius 3 is 2.93 bits per heavy atom. The number of rotatable bonds is 3. The average Bonchev–Trinajstić information content (AvgIpc) is 2.14. The molecular formula is C9H13N5. The number of nitrogens with one attached hydrogen (secondary N) is 1. The number of nitrogens with zero attached hydrogens (tertiary/aromatic N) is 3. The van der Waals surface area contributed by atoms with Gasteiger partial charge in [-0.2, -0.15) is 10.4 Å². The maximum atomic E-state index is 8.76. The summed E-state index contributed by atoms with van der Waals surface area (Å²) < 4.78 is 0. The maximum absolute atomic E-state index is 8.76. The molecule has 0 aliphatic rings. The van der Waals surface area contributed by atoms with Crippen LogP contribution in [0.1, 0.15) is 19.4 Å². The number of hydrogen-bond donors (Lipinski definition) is 2. The second-order valence-corrected chi connectivity index (χ2v) is 3.75. The predicted molar refractivity (Wildman–Crippen MR) is 53.5 cm³/mol. The van der Waals surface area contributed by atoms with Crippen LogP contribution in [0.3, 0.4) is 0 Å². The standard InChI is InChI=1S/C9H13N5/c1-9(2,11)6-12-8-7(5-10)3-4-13-14-8/h3-4H,6,11H2,1-2H3,(H,12,14). The van der Waals surface area contributed by atoms with Crippen LogP contribution in [-0.4, -0.2) is 22.3 Å². The molecule has 3 N–H and O–H groups in total. The SMILES string of the molecule is CC(C)(N)CNc1nnccc1C#N. The molecule has 1 heterocycles. The number of anilines is 1. The molecule has 0 amide bonds. The highest BCUT2D eigenvalue weighted by atomic mass is 15.2. The molecule has 1 aromatic heterocycles. The van der Waals surface area contributed by atoms with Gasteiger partial charge in [0, 0.05) is 12.1 Å². The average molecular weight is 191 g/mol. The van der Waals surface area contributed by atoms with Crippen molar-refractivity contribution in [1.29, 1.82) is 5.26 Å². The lowest BCUT2D eigenvalue weighted by Crippen LogP contribution is -2.39. The second kappa shape index (κ2) is 4.03. The summed E-state index contributed by atoms with van der Waals surface area (Å²) in [5, 5.41) is 19.2. The Morgan fingerprint density at radius 1 is 1.64 bits per heavy atom. The van der Waals surface area contributed by atoms with Gasteiger partial charge in [0.05, 0.1) is 11.8 Å². The molecule has 0 aliphatic heterocycles. The molecule has 0 fully saturated rings. The van der Waals surface area contributed by atoms with E-state index in [0.29, 0.717) is 17.9 Å². The third kappa shape index (κ3) is 2.99. The summed E-state index contributed by atoms with van der Waals surface area (Å²) in [6.07, 6.45) is 1.48. The van der Waals surface area contributed by atoms with E-state index in [1.165, 1.54) is 6.20 Å². The number of aromatic nitrogens is 2. The van der Waals surface area contributed by atoms with Crippen molar-refractivity contribution < 1.29 is 0 Å². The number of nitrogens with two attached hydrogens (primary N) is 1. The molecule has 5 heteroatoms. The van der Waals surface area contributed by atoms with Crippen molar-refractivity contribution in [3.8, 4) is 6.07 Å². The third-order valence-corrected chi connectivity index (χ3v) is 1.55. The fourth-order valence-electron chi connectivity index (χ4n) is 0.864. The zero-order chi connectivity index (χ0) is 10.6. The molecule has 0 aliphatic carbocycles. The Kier molecular flexibility index (Phi) is 2.99. The maximum Gasteiger partial charge on any atom is 0.166 e. The van der Waals surface area contributed by atoms with Crippen LogP contribution in [0.4, 0.5) is 5.82 Å². The summed E-state index contributed by atoms with van der Waals surface area (Å²) in [5.74, 6) is 0.480. The fourth-order valence-corrected chi connectivity index (χ4v) is 0.864. The van der Waals surface area contributed by atoms with E-state index < -0.39 is 0 Å². The van der Waals surface area contributed by atoms with Crippen LogP contribution in [0.5, 0.6) is 0 Å². The van der Waals surface area contributed by atoms with Crippen LogP contribution in [0.2, 0.25) is 0 Å². The molecule has 0 aromatic carbocycles. The minimum atomic E-state index is -0.343. The van der Waals surface area contributed by atoms with Crippen LogP contribution in [0.15, 0.2) is 12.3 Å². The lowest BCUT2D eigenvalue weighted by Gasteiger charge is -2.19. The van der Waals surface area contributed by atoms with Crippen LogP contribution >= 0.6 is 0 Å². The molecule has 0 bridgehead atoms. The van der Waals surface area contributed by atoms with Gasteiger partial charge < -0.3 is 11.1 Å². The largest absolute Gasteiger partial charge is 0.366 e. The lowest BCUT2D eigenvalue weighted by molar-refractivity contribution is 0.548. The summed E-state index contributed by atoms with van der Waals surface area (Å²) in [4.78, 5) is 0. The molecule has 14 heavy (non-hydrogen) atoms. The molecule has 0 unspecified atom stereocenters. The van der Waals surface area contributed by atoms with Crippen LogP contribution < -0.4 is 11.1 Å². The molecule has 5 nitrogen and oxygen atoms in total. The summed E-state index contributed by atoms with van der Waals surface area (Å²) in [7, 11) is 0. The van der Waals surface area contributed by atoms with E-state index in [9.17, 15) is 0 Å². The van der Waals surface area contributed by atoms with Gasteiger partial charge in [0.15, 0.2) is 5.82 Å². The van der Waals surface area contributed by atoms with E-state index in [-0.39, 0.29) is 5.54 Å². The molecule has 0 saturated heterocycles. The van der Waals surface area contributed by atoms with Gasteiger partial charge in [-0.25, -0.2) is 0 Å². The van der Waals surface area contributed by atoms with E-state index in [2.05, 4.69) is 15.5 Å². The molecule has 0 spiro atoms. The first kappa shape index (κ1) is 10.4. The molecule has 0 saturated carbocycles. The third-order valence-electron chi connectivity index (χ3n) is 1.55. The minimum Gasteiger partial charge on any atom is -0.366 e. The lowest BCUT2D eigenvalue weighted by atomic mass is 10.1. The molecular weight excluding hydrogens is 178 g/mol. The highest BCUT2D eigenvalue weighted by Gasteiger charge is 2.11. The van der Waals surface area contributed by atoms with Gasteiger partial charge in [-0.05, 0) is 19.9 Å². The normalized spacial score (nSPS) is 10.7. The number of hydrogen-bond acceptors (Lipinski definition) is 5. The zero-order valence-electron chi connectivity index (χ0n) is 8.28. The molecule has 0 atom stereocenters. The highest BCUT2D eigenvalue weighted by molar-refractivity contribution is 5.50. The van der Waals surface area contributed by atoms with Crippen molar-refractivity contribution in [2.45, 2.75) is 19.4 Å². The first-order valence-electron chi connectivity index (χ1n) is 4.27. The summed E-state index contributed by atoms with van der Waals surface area (Å²) in [6, 6.07) is 3.64. The van der Waals surface area contributed by atoms with Crippen LogP contribution in [0.25, 0.3) is 0 Å². The quantitative estimate of drug-likeness (QED) is 0.726. The minimum absolute atomic E-state index is 0.343. The van der Waals surface area contributed by atoms with Crippen molar-refractivity contribution in [3.63, 3.8) is 0 Å². The van der Waals surface area contributed by atoms with E-state index in [1.54, 1.807) is 6.07 Å². The monoisotopic (exact) mass is 191 g/mol. The Balaban J connectivity index is 2.73. The van der Waals surface area contributed by atoms with Gasteiger partial charge in [-0.3, -0.25) is 0 Å². The molecule has 1 aromatic rings.